The molecule has 1 aromatic rings. The largest absolute Gasteiger partial charge is 0.364 e. The molecule has 5 nitrogen and oxygen atoms in total. The summed E-state index contributed by atoms with van der Waals surface area (Å²) in [7, 11) is -2.42. The molecular formula is C8H11NO4S. The van der Waals surface area contributed by atoms with Gasteiger partial charge < -0.3 is 9.84 Å². The SMILES string of the molecule is COC(O)c1cccc(S(N)(=O)=O)c1. The highest BCUT2D eigenvalue weighted by Crippen LogP contribution is 2.16. The maximum atomic E-state index is 11.0. The molecule has 0 bridgehead atoms. The molecule has 0 heterocycles. The molecule has 0 saturated carbocycles. The number of sulfonamides is 1. The van der Waals surface area contributed by atoms with Gasteiger partial charge in [-0.2, -0.15) is 0 Å². The molecule has 0 aliphatic rings. The van der Waals surface area contributed by atoms with E-state index >= 15 is 0 Å². The molecule has 78 valence electrons. The summed E-state index contributed by atoms with van der Waals surface area (Å²) in [5.41, 5.74) is 0.346. The maximum Gasteiger partial charge on any atom is 0.238 e. The van der Waals surface area contributed by atoms with E-state index in [0.717, 1.165) is 0 Å². The quantitative estimate of drug-likeness (QED) is 0.696. The molecule has 0 radical (unpaired) electrons. The van der Waals surface area contributed by atoms with Crippen LogP contribution in [0.15, 0.2) is 29.2 Å². The van der Waals surface area contributed by atoms with Gasteiger partial charge in [0.2, 0.25) is 10.0 Å². The summed E-state index contributed by atoms with van der Waals surface area (Å²) < 4.78 is 26.5. The predicted molar refractivity (Wildman–Crippen MR) is 49.8 cm³/mol. The molecule has 0 fully saturated rings. The third kappa shape index (κ3) is 2.52. The number of methoxy groups -OCH3 is 1. The summed E-state index contributed by atoms with van der Waals surface area (Å²) in [5.74, 6) is 0. The Labute approximate surface area is 82.2 Å². The molecule has 0 amide bonds. The minimum absolute atomic E-state index is 0.0499. The average molecular weight is 217 g/mol. The Balaban J connectivity index is 3.14. The van der Waals surface area contributed by atoms with E-state index in [2.05, 4.69) is 4.74 Å². The summed E-state index contributed by atoms with van der Waals surface area (Å²) in [5, 5.41) is 14.2. The van der Waals surface area contributed by atoms with Gasteiger partial charge in [0.05, 0.1) is 4.90 Å². The summed E-state index contributed by atoms with van der Waals surface area (Å²) in [6, 6.07) is 5.64. The second-order valence-corrected chi connectivity index (χ2v) is 4.27. The molecule has 0 spiro atoms. The van der Waals surface area contributed by atoms with Crippen LogP contribution >= 0.6 is 0 Å². The first-order chi connectivity index (χ1) is 6.45. The zero-order valence-electron chi connectivity index (χ0n) is 7.54. The van der Waals surface area contributed by atoms with E-state index < -0.39 is 16.3 Å². The van der Waals surface area contributed by atoms with Crippen molar-refractivity contribution in [2.24, 2.45) is 5.14 Å². The topological polar surface area (TPSA) is 89.6 Å². The first-order valence-electron chi connectivity index (χ1n) is 3.79. The second kappa shape index (κ2) is 4.05. The molecule has 1 aromatic carbocycles. The molecule has 1 atom stereocenters. The summed E-state index contributed by atoms with van der Waals surface area (Å²) >= 11 is 0. The first-order valence-corrected chi connectivity index (χ1v) is 5.33. The standard InChI is InChI=1S/C8H11NO4S/c1-13-8(10)6-3-2-4-7(5-6)14(9,11)12/h2-5,8,10H,1H3,(H2,9,11,12). The van der Waals surface area contributed by atoms with Crippen LogP contribution in [0.2, 0.25) is 0 Å². The molecule has 0 aliphatic carbocycles. The van der Waals surface area contributed by atoms with E-state index in [0.29, 0.717) is 5.56 Å². The lowest BCUT2D eigenvalue weighted by Gasteiger charge is -2.09. The highest BCUT2D eigenvalue weighted by atomic mass is 32.2. The Kier molecular flexibility index (Phi) is 3.22. The van der Waals surface area contributed by atoms with Gasteiger partial charge in [0.25, 0.3) is 0 Å². The van der Waals surface area contributed by atoms with E-state index in [-0.39, 0.29) is 4.90 Å². The third-order valence-corrected chi connectivity index (χ3v) is 2.61. The fourth-order valence-corrected chi connectivity index (χ4v) is 1.55. The Morgan fingerprint density at radius 3 is 2.64 bits per heavy atom. The number of nitrogens with two attached hydrogens (primary N) is 1. The summed E-state index contributed by atoms with van der Waals surface area (Å²) in [4.78, 5) is -0.0499. The fourth-order valence-electron chi connectivity index (χ4n) is 0.981. The van der Waals surface area contributed by atoms with Gasteiger partial charge in [-0.1, -0.05) is 12.1 Å². The molecule has 0 saturated heterocycles. The van der Waals surface area contributed by atoms with Crippen molar-refractivity contribution in [2.75, 3.05) is 7.11 Å². The number of aliphatic hydroxyl groups excluding tert-OH is 1. The van der Waals surface area contributed by atoms with Crippen LogP contribution in [0.4, 0.5) is 0 Å². The maximum absolute atomic E-state index is 11.0. The van der Waals surface area contributed by atoms with Crippen LogP contribution in [-0.4, -0.2) is 20.6 Å². The first kappa shape index (κ1) is 11.1. The monoisotopic (exact) mass is 217 g/mol. The van der Waals surface area contributed by atoms with Gasteiger partial charge in [0.1, 0.15) is 0 Å². The van der Waals surface area contributed by atoms with Gasteiger partial charge >= 0.3 is 0 Å². The average Bonchev–Trinajstić information content (AvgIpc) is 2.15. The molecule has 1 rings (SSSR count). The minimum atomic E-state index is -3.73. The Morgan fingerprint density at radius 2 is 2.14 bits per heavy atom. The number of hydrogen-bond acceptors (Lipinski definition) is 4. The number of hydrogen-bond donors (Lipinski definition) is 2. The molecule has 6 heteroatoms. The van der Waals surface area contributed by atoms with E-state index in [1.54, 1.807) is 6.07 Å². The van der Waals surface area contributed by atoms with Gasteiger partial charge in [-0.15, -0.1) is 0 Å². The number of benzene rings is 1. The lowest BCUT2D eigenvalue weighted by atomic mass is 10.2. The van der Waals surface area contributed by atoms with Crippen LogP contribution in [0.25, 0.3) is 0 Å². The Bertz CT molecular complexity index is 415. The predicted octanol–water partition coefficient (Wildman–Crippen LogP) is -0.0287. The van der Waals surface area contributed by atoms with Crippen molar-refractivity contribution in [1.29, 1.82) is 0 Å². The third-order valence-electron chi connectivity index (χ3n) is 1.70. The van der Waals surface area contributed by atoms with Crippen LogP contribution in [0.5, 0.6) is 0 Å². The van der Waals surface area contributed by atoms with Crippen LogP contribution in [0, 0.1) is 0 Å². The van der Waals surface area contributed by atoms with Gasteiger partial charge in [-0.3, -0.25) is 0 Å². The minimum Gasteiger partial charge on any atom is -0.364 e. The van der Waals surface area contributed by atoms with Crippen molar-refractivity contribution in [3.8, 4) is 0 Å². The van der Waals surface area contributed by atoms with Gasteiger partial charge in [-0.25, -0.2) is 13.6 Å². The highest BCUT2D eigenvalue weighted by Gasteiger charge is 2.11. The van der Waals surface area contributed by atoms with E-state index in [1.165, 1.54) is 25.3 Å². The highest BCUT2D eigenvalue weighted by molar-refractivity contribution is 7.89. The van der Waals surface area contributed by atoms with Crippen LogP contribution in [0.3, 0.4) is 0 Å². The molecule has 0 aromatic heterocycles. The van der Waals surface area contributed by atoms with Crippen molar-refractivity contribution in [3.63, 3.8) is 0 Å². The number of rotatable bonds is 3. The van der Waals surface area contributed by atoms with Crippen molar-refractivity contribution in [3.05, 3.63) is 29.8 Å². The van der Waals surface area contributed by atoms with Crippen molar-refractivity contribution < 1.29 is 18.3 Å². The van der Waals surface area contributed by atoms with Gasteiger partial charge in [-0.05, 0) is 12.1 Å². The molecule has 1 unspecified atom stereocenters. The van der Waals surface area contributed by atoms with Crippen LogP contribution in [-0.2, 0) is 14.8 Å². The zero-order valence-corrected chi connectivity index (χ0v) is 8.36. The molecular weight excluding hydrogens is 206 g/mol. The molecule has 3 N–H and O–H groups in total. The summed E-state index contributed by atoms with van der Waals surface area (Å²) in [6.07, 6.45) is -1.14. The van der Waals surface area contributed by atoms with E-state index in [9.17, 15) is 13.5 Å². The van der Waals surface area contributed by atoms with Crippen LogP contribution < -0.4 is 5.14 Å². The van der Waals surface area contributed by atoms with Gasteiger partial charge in [0, 0.05) is 12.7 Å². The number of primary sulfonamides is 1. The van der Waals surface area contributed by atoms with E-state index in [1.807, 2.05) is 0 Å². The Morgan fingerprint density at radius 1 is 1.50 bits per heavy atom. The lowest BCUT2D eigenvalue weighted by Crippen LogP contribution is -2.12. The smallest absolute Gasteiger partial charge is 0.238 e. The summed E-state index contributed by atoms with van der Waals surface area (Å²) in [6.45, 7) is 0. The molecule has 0 aliphatic heterocycles. The van der Waals surface area contributed by atoms with Crippen LogP contribution in [0.1, 0.15) is 11.9 Å². The second-order valence-electron chi connectivity index (χ2n) is 2.71. The lowest BCUT2D eigenvalue weighted by molar-refractivity contribution is -0.0770. The number of aliphatic hydroxyl groups is 1. The van der Waals surface area contributed by atoms with E-state index in [4.69, 9.17) is 5.14 Å². The van der Waals surface area contributed by atoms with Gasteiger partial charge in [0.15, 0.2) is 6.29 Å². The van der Waals surface area contributed by atoms with Crippen molar-refractivity contribution >= 4 is 10.0 Å². The number of ether oxygens (including phenoxy) is 1. The molecule has 14 heavy (non-hydrogen) atoms. The van der Waals surface area contributed by atoms with Crippen molar-refractivity contribution in [2.45, 2.75) is 11.2 Å². The Hall–Kier alpha value is -0.950. The van der Waals surface area contributed by atoms with Crippen molar-refractivity contribution in [1.82, 2.24) is 0 Å². The normalized spacial score (nSPS) is 13.9. The zero-order chi connectivity index (χ0) is 10.8. The fraction of sp³-hybridized carbons (Fsp3) is 0.250.